The van der Waals surface area contributed by atoms with E-state index in [1.807, 2.05) is 0 Å². The van der Waals surface area contributed by atoms with E-state index in [4.69, 9.17) is 0 Å². The van der Waals surface area contributed by atoms with Crippen LogP contribution in [0.25, 0.3) is 0 Å². The van der Waals surface area contributed by atoms with E-state index in [0.29, 0.717) is 9.49 Å². The second kappa shape index (κ2) is 23.1. The molecule has 4 aliphatic rings. The van der Waals surface area contributed by atoms with Gasteiger partial charge in [0.05, 0.1) is 0 Å². The Hall–Kier alpha value is 0.629. The Morgan fingerprint density at radius 1 is 0.675 bits per heavy atom. The molecule has 0 aromatic carbocycles. The topological polar surface area (TPSA) is 0 Å². The van der Waals surface area contributed by atoms with Gasteiger partial charge in [-0.3, -0.25) is 12.2 Å². The van der Waals surface area contributed by atoms with E-state index in [1.165, 1.54) is 72.3 Å². The van der Waals surface area contributed by atoms with E-state index in [2.05, 4.69) is 124 Å². The van der Waals surface area contributed by atoms with E-state index in [1.54, 1.807) is 0 Å². The van der Waals surface area contributed by atoms with Crippen LogP contribution in [0.15, 0.2) is 83.1 Å². The standard InChI is InChI=1S/2C17H23S.2ClH.2Ti/c2*1-3-4-13-18-17(12-8-7-9-15(17)2)14-16-10-5-6-11-16;;;;/h2*5,7-10H,3-4,6,12-14H2,1-2H3;2*1H;;/q2*-1;;;2*+2/p-2. The number of hydrogen-bond donors (Lipinski definition) is 0. The molecule has 0 N–H and O–H groups in total. The first-order valence-electron chi connectivity index (χ1n) is 14.0. The van der Waals surface area contributed by atoms with Gasteiger partial charge in [-0.2, -0.15) is 35.7 Å². The van der Waals surface area contributed by atoms with Crippen molar-refractivity contribution in [3.63, 3.8) is 0 Å². The van der Waals surface area contributed by atoms with Gasteiger partial charge in [0, 0.05) is 9.49 Å². The Kier molecular flexibility index (Phi) is 24.7. The van der Waals surface area contributed by atoms with Crippen LogP contribution in [0.5, 0.6) is 0 Å². The number of rotatable bonds is 12. The first-order chi connectivity index (χ1) is 17.5. The van der Waals surface area contributed by atoms with Crippen LogP contribution in [0.1, 0.15) is 91.9 Å². The molecule has 0 aromatic heterocycles. The third-order valence-electron chi connectivity index (χ3n) is 7.53. The fourth-order valence-electron chi connectivity index (χ4n) is 5.02. The summed E-state index contributed by atoms with van der Waals surface area (Å²) in [5.41, 5.74) is 5.87. The maximum atomic E-state index is 3.48. The van der Waals surface area contributed by atoms with E-state index in [0.717, 1.165) is 25.7 Å². The van der Waals surface area contributed by atoms with Crippen LogP contribution in [-0.2, 0) is 43.4 Å². The van der Waals surface area contributed by atoms with Crippen LogP contribution in [0.3, 0.4) is 0 Å². The van der Waals surface area contributed by atoms with Crippen molar-refractivity contribution in [1.29, 1.82) is 0 Å². The summed E-state index contributed by atoms with van der Waals surface area (Å²) >= 11 is 4.30. The minimum absolute atomic E-state index is 0. The first-order valence-corrected chi connectivity index (χ1v) is 16.0. The average molecular weight is 686 g/mol. The summed E-state index contributed by atoms with van der Waals surface area (Å²) in [6.45, 7) is 9.13. The minimum atomic E-state index is 0. The van der Waals surface area contributed by atoms with Crippen molar-refractivity contribution in [2.75, 3.05) is 11.5 Å². The van der Waals surface area contributed by atoms with Gasteiger partial charge in [-0.25, -0.2) is 23.3 Å². The fourth-order valence-corrected chi connectivity index (χ4v) is 8.20. The summed E-state index contributed by atoms with van der Waals surface area (Å²) < 4.78 is 0.585. The summed E-state index contributed by atoms with van der Waals surface area (Å²) in [7, 11) is 0. The molecule has 0 aliphatic heterocycles. The number of unbranched alkanes of at least 4 members (excludes halogenated alkanes) is 2. The van der Waals surface area contributed by atoms with Crippen LogP contribution >= 0.6 is 23.5 Å². The quantitative estimate of drug-likeness (QED) is 0.169. The molecule has 0 nitrogen and oxygen atoms in total. The Morgan fingerprint density at radius 3 is 1.38 bits per heavy atom. The van der Waals surface area contributed by atoms with Crippen molar-refractivity contribution in [3.05, 3.63) is 95.2 Å². The Labute approximate surface area is 297 Å². The second-order valence-electron chi connectivity index (χ2n) is 10.3. The summed E-state index contributed by atoms with van der Waals surface area (Å²) in [5, 5.41) is 0. The second-order valence-corrected chi connectivity index (χ2v) is 13.3. The average Bonchev–Trinajstić information content (AvgIpc) is 3.58. The van der Waals surface area contributed by atoms with Crippen molar-refractivity contribution in [3.8, 4) is 0 Å². The normalized spacial score (nSPS) is 23.7. The maximum Gasteiger partial charge on any atom is 2.00 e. The Bertz CT molecular complexity index is 896. The molecule has 0 amide bonds. The molecule has 6 heteroatoms. The van der Waals surface area contributed by atoms with Gasteiger partial charge in [0.1, 0.15) is 0 Å². The number of allylic oxidation sites excluding steroid dienone is 14. The third-order valence-corrected chi connectivity index (χ3v) is 10.9. The molecule has 4 aliphatic carbocycles. The van der Waals surface area contributed by atoms with E-state index in [-0.39, 0.29) is 68.2 Å². The zero-order valence-corrected chi connectivity index (χ0v) is 31.1. The van der Waals surface area contributed by atoms with Crippen LogP contribution < -0.4 is 24.8 Å². The molecular formula is C34H46Cl2S2Ti2. The van der Waals surface area contributed by atoms with Gasteiger partial charge in [0.2, 0.25) is 0 Å². The molecule has 2 unspecified atom stereocenters. The predicted molar refractivity (Wildman–Crippen MR) is 165 cm³/mol. The van der Waals surface area contributed by atoms with Crippen molar-refractivity contribution >= 4 is 23.5 Å². The Balaban J connectivity index is 0. The maximum absolute atomic E-state index is 3.48. The smallest absolute Gasteiger partial charge is 1.00 e. The number of halogens is 2. The molecule has 0 radical (unpaired) electrons. The molecule has 2 atom stereocenters. The molecule has 0 spiro atoms. The van der Waals surface area contributed by atoms with Crippen molar-refractivity contribution in [2.24, 2.45) is 0 Å². The van der Waals surface area contributed by atoms with Crippen LogP contribution in [0.2, 0.25) is 0 Å². The zero-order valence-electron chi connectivity index (χ0n) is 24.8. The predicted octanol–water partition coefficient (Wildman–Crippen LogP) is 4.49. The zero-order chi connectivity index (χ0) is 25.7. The van der Waals surface area contributed by atoms with E-state index in [9.17, 15) is 0 Å². The first kappa shape index (κ1) is 42.8. The van der Waals surface area contributed by atoms with Gasteiger partial charge in [-0.05, 0) is 63.9 Å². The summed E-state index contributed by atoms with van der Waals surface area (Å²) in [6, 6.07) is 0. The van der Waals surface area contributed by atoms with Crippen LogP contribution in [0, 0.1) is 12.2 Å². The fraction of sp³-hybridized carbons (Fsp3) is 0.529. The van der Waals surface area contributed by atoms with Gasteiger partial charge in [0.15, 0.2) is 0 Å². The van der Waals surface area contributed by atoms with Gasteiger partial charge >= 0.3 is 43.4 Å². The molecule has 0 bridgehead atoms. The molecule has 216 valence electrons. The van der Waals surface area contributed by atoms with E-state index < -0.39 is 0 Å². The molecule has 0 saturated heterocycles. The minimum Gasteiger partial charge on any atom is -1.00 e. The monoisotopic (exact) mass is 684 g/mol. The molecule has 0 aromatic rings. The van der Waals surface area contributed by atoms with Gasteiger partial charge < -0.3 is 24.8 Å². The molecule has 4 rings (SSSR count). The molecule has 0 saturated carbocycles. The van der Waals surface area contributed by atoms with Crippen molar-refractivity contribution < 1.29 is 68.2 Å². The SMILES string of the molecule is CCCCSC1(CC2=[C-]CC=C2)CC=CC=C1C.CCCCSC1(CC2=[C-]CC=C2)CC=CC=C1C.[Cl-].[Cl-].[Ti+2].[Ti+2]. The van der Waals surface area contributed by atoms with Gasteiger partial charge in [-0.15, -0.1) is 12.8 Å². The summed E-state index contributed by atoms with van der Waals surface area (Å²) in [6.07, 6.45) is 41.4. The van der Waals surface area contributed by atoms with Gasteiger partial charge in [0.25, 0.3) is 0 Å². The largest absolute Gasteiger partial charge is 2.00 e. The molecule has 40 heavy (non-hydrogen) atoms. The van der Waals surface area contributed by atoms with Crippen LogP contribution in [0.4, 0.5) is 0 Å². The van der Waals surface area contributed by atoms with Crippen molar-refractivity contribution in [1.82, 2.24) is 0 Å². The molecule has 0 heterocycles. The van der Waals surface area contributed by atoms with E-state index >= 15 is 0 Å². The van der Waals surface area contributed by atoms with Crippen LogP contribution in [-0.4, -0.2) is 21.0 Å². The summed E-state index contributed by atoms with van der Waals surface area (Å²) in [4.78, 5) is 0. The van der Waals surface area contributed by atoms with Gasteiger partial charge in [-0.1, -0.05) is 74.3 Å². The number of thioether (sulfide) groups is 2. The molecule has 0 fully saturated rings. The third kappa shape index (κ3) is 13.1. The number of hydrogen-bond acceptors (Lipinski definition) is 2. The Morgan fingerprint density at radius 2 is 1.07 bits per heavy atom. The summed E-state index contributed by atoms with van der Waals surface area (Å²) in [5.74, 6) is 2.54. The molecular weight excluding hydrogens is 639 g/mol. The van der Waals surface area contributed by atoms with Crippen molar-refractivity contribution in [2.45, 2.75) is 101 Å².